The number of carbonyl (C=O) groups excluding carboxylic acids is 1. The summed E-state index contributed by atoms with van der Waals surface area (Å²) in [6, 6.07) is 2.03. The van der Waals surface area contributed by atoms with Crippen LogP contribution in [0.5, 0.6) is 0 Å². The Hall–Kier alpha value is -0.630. The number of hydrogen-bond donors (Lipinski definition) is 0. The van der Waals surface area contributed by atoms with Crippen LogP contribution in [0.25, 0.3) is 0 Å². The van der Waals surface area contributed by atoms with Crippen LogP contribution in [0.2, 0.25) is 0 Å². The lowest BCUT2D eigenvalue weighted by Crippen LogP contribution is -2.21. The van der Waals surface area contributed by atoms with E-state index >= 15 is 0 Å². The summed E-state index contributed by atoms with van der Waals surface area (Å²) in [5.41, 5.74) is 1.22. The fourth-order valence-corrected chi connectivity index (χ4v) is 3.35. The third-order valence-electron chi connectivity index (χ3n) is 3.28. The van der Waals surface area contributed by atoms with Gasteiger partial charge < -0.3 is 0 Å². The highest BCUT2D eigenvalue weighted by Crippen LogP contribution is 2.32. The fraction of sp³-hybridized carbons (Fsp3) is 0.615. The van der Waals surface area contributed by atoms with Crippen LogP contribution >= 0.6 is 11.3 Å². The number of thiophene rings is 1. The molecule has 1 aromatic rings. The molecule has 1 nitrogen and oxygen atoms in total. The van der Waals surface area contributed by atoms with Crippen LogP contribution in [-0.4, -0.2) is 5.78 Å². The van der Waals surface area contributed by atoms with Crippen LogP contribution in [-0.2, 0) is 0 Å². The van der Waals surface area contributed by atoms with Gasteiger partial charge >= 0.3 is 0 Å². The number of Topliss-reactive ketones (excluding diaryl/α,β-unsaturated/α-hetero) is 1. The Morgan fingerprint density at radius 1 is 1.47 bits per heavy atom. The van der Waals surface area contributed by atoms with E-state index in [-0.39, 0.29) is 0 Å². The van der Waals surface area contributed by atoms with Gasteiger partial charge in [-0.25, -0.2) is 0 Å². The van der Waals surface area contributed by atoms with E-state index in [9.17, 15) is 4.79 Å². The van der Waals surface area contributed by atoms with Crippen LogP contribution in [0.15, 0.2) is 11.4 Å². The average molecular weight is 222 g/mol. The van der Waals surface area contributed by atoms with Crippen molar-refractivity contribution in [1.82, 2.24) is 0 Å². The Balaban J connectivity index is 2.07. The number of hydrogen-bond acceptors (Lipinski definition) is 2. The molecule has 0 aromatic carbocycles. The Labute approximate surface area is 95.5 Å². The Morgan fingerprint density at radius 3 is 2.87 bits per heavy atom. The van der Waals surface area contributed by atoms with Crippen molar-refractivity contribution in [3.8, 4) is 0 Å². The Kier molecular flexibility index (Phi) is 3.25. The minimum absolute atomic E-state index is 0.298. The van der Waals surface area contributed by atoms with Gasteiger partial charge in [-0.05, 0) is 42.7 Å². The summed E-state index contributed by atoms with van der Waals surface area (Å²) in [5.74, 6) is 1.42. The third kappa shape index (κ3) is 2.49. The van der Waals surface area contributed by atoms with Crippen LogP contribution < -0.4 is 0 Å². The van der Waals surface area contributed by atoms with Crippen LogP contribution in [0, 0.1) is 18.8 Å². The van der Waals surface area contributed by atoms with Crippen LogP contribution in [0.1, 0.15) is 47.8 Å². The summed E-state index contributed by atoms with van der Waals surface area (Å²) in [4.78, 5) is 13.1. The van der Waals surface area contributed by atoms with Gasteiger partial charge in [0, 0.05) is 5.92 Å². The van der Waals surface area contributed by atoms with Crippen molar-refractivity contribution in [3.63, 3.8) is 0 Å². The highest BCUT2D eigenvalue weighted by Gasteiger charge is 2.26. The number of aryl methyl sites for hydroxylation is 1. The molecule has 0 N–H and O–H groups in total. The summed E-state index contributed by atoms with van der Waals surface area (Å²) in [5, 5.41) is 2.07. The van der Waals surface area contributed by atoms with Gasteiger partial charge in [0.25, 0.3) is 0 Å². The molecule has 2 rings (SSSR count). The zero-order valence-corrected chi connectivity index (χ0v) is 10.3. The van der Waals surface area contributed by atoms with Crippen molar-refractivity contribution < 1.29 is 4.79 Å². The van der Waals surface area contributed by atoms with E-state index in [1.165, 1.54) is 18.4 Å². The summed E-state index contributed by atoms with van der Waals surface area (Å²) in [6.45, 7) is 4.32. The quantitative estimate of drug-likeness (QED) is 0.689. The molecule has 1 aromatic heterocycles. The van der Waals surface area contributed by atoms with E-state index in [1.807, 2.05) is 6.07 Å². The van der Waals surface area contributed by atoms with Gasteiger partial charge in [-0.1, -0.05) is 19.8 Å². The van der Waals surface area contributed by atoms with Crippen molar-refractivity contribution >= 4 is 17.1 Å². The molecular formula is C13H18OS. The fourth-order valence-electron chi connectivity index (χ4n) is 2.43. The van der Waals surface area contributed by atoms with Gasteiger partial charge in [0.1, 0.15) is 0 Å². The molecule has 2 heteroatoms. The molecule has 15 heavy (non-hydrogen) atoms. The minimum Gasteiger partial charge on any atom is -0.293 e. The van der Waals surface area contributed by atoms with E-state index in [4.69, 9.17) is 0 Å². The lowest BCUT2D eigenvalue weighted by Gasteiger charge is -2.25. The molecule has 1 fully saturated rings. The van der Waals surface area contributed by atoms with Gasteiger partial charge in [-0.15, -0.1) is 11.3 Å². The zero-order chi connectivity index (χ0) is 10.8. The van der Waals surface area contributed by atoms with E-state index in [1.54, 1.807) is 11.3 Å². The molecular weight excluding hydrogens is 204 g/mol. The number of ketones is 1. The molecule has 0 radical (unpaired) electrons. The van der Waals surface area contributed by atoms with Crippen LogP contribution in [0.4, 0.5) is 0 Å². The molecule has 2 atom stereocenters. The number of carbonyl (C=O) groups is 1. The van der Waals surface area contributed by atoms with Crippen molar-refractivity contribution in [2.45, 2.75) is 39.5 Å². The highest BCUT2D eigenvalue weighted by atomic mass is 32.1. The molecule has 2 unspecified atom stereocenters. The summed E-state index contributed by atoms with van der Waals surface area (Å²) in [7, 11) is 0. The average Bonchev–Trinajstić information content (AvgIpc) is 2.64. The summed E-state index contributed by atoms with van der Waals surface area (Å²) < 4.78 is 0. The third-order valence-corrected chi connectivity index (χ3v) is 4.34. The second kappa shape index (κ2) is 4.48. The van der Waals surface area contributed by atoms with Gasteiger partial charge in [-0.3, -0.25) is 4.79 Å². The van der Waals surface area contributed by atoms with Crippen molar-refractivity contribution in [2.24, 2.45) is 11.8 Å². The minimum atomic E-state index is 0.298. The van der Waals surface area contributed by atoms with Gasteiger partial charge in [0.2, 0.25) is 0 Å². The topological polar surface area (TPSA) is 17.1 Å². The van der Waals surface area contributed by atoms with E-state index in [2.05, 4.69) is 19.2 Å². The van der Waals surface area contributed by atoms with E-state index in [0.29, 0.717) is 11.7 Å². The molecule has 0 amide bonds. The van der Waals surface area contributed by atoms with Crippen LogP contribution in [0.3, 0.4) is 0 Å². The Bertz CT molecular complexity index is 353. The predicted octanol–water partition coefficient (Wildman–Crippen LogP) is 4.07. The molecule has 0 spiro atoms. The van der Waals surface area contributed by atoms with Crippen molar-refractivity contribution in [2.75, 3.05) is 0 Å². The lowest BCUT2D eigenvalue weighted by atomic mass is 9.80. The first-order chi connectivity index (χ1) is 7.16. The van der Waals surface area contributed by atoms with Crippen molar-refractivity contribution in [1.29, 1.82) is 0 Å². The van der Waals surface area contributed by atoms with E-state index < -0.39 is 0 Å². The molecule has 1 aliphatic carbocycles. The smallest absolute Gasteiger partial charge is 0.175 e. The zero-order valence-electron chi connectivity index (χ0n) is 9.45. The molecule has 1 heterocycles. The first kappa shape index (κ1) is 10.9. The largest absolute Gasteiger partial charge is 0.293 e. The highest BCUT2D eigenvalue weighted by molar-refractivity contribution is 7.12. The molecule has 1 aliphatic rings. The second-order valence-electron chi connectivity index (χ2n) is 4.82. The van der Waals surface area contributed by atoms with Gasteiger partial charge in [0.05, 0.1) is 4.88 Å². The van der Waals surface area contributed by atoms with E-state index in [0.717, 1.165) is 23.6 Å². The lowest BCUT2D eigenvalue weighted by molar-refractivity contribution is 0.0872. The second-order valence-corrected chi connectivity index (χ2v) is 5.73. The number of rotatable bonds is 2. The maximum atomic E-state index is 12.2. The summed E-state index contributed by atoms with van der Waals surface area (Å²) >= 11 is 1.60. The van der Waals surface area contributed by atoms with Crippen molar-refractivity contribution in [3.05, 3.63) is 21.9 Å². The maximum Gasteiger partial charge on any atom is 0.175 e. The van der Waals surface area contributed by atoms with Gasteiger partial charge in [0.15, 0.2) is 5.78 Å². The molecule has 1 saturated carbocycles. The first-order valence-corrected chi connectivity index (χ1v) is 6.64. The van der Waals surface area contributed by atoms with Gasteiger partial charge in [-0.2, -0.15) is 0 Å². The monoisotopic (exact) mass is 222 g/mol. The molecule has 0 bridgehead atoms. The molecule has 0 saturated heterocycles. The normalized spacial score (nSPS) is 26.5. The summed E-state index contributed by atoms with van der Waals surface area (Å²) in [6.07, 6.45) is 4.71. The standard InChI is InChI=1S/C13H18OS/c1-9-4-3-5-11(6-9)13(14)12-7-10(2)8-15-12/h7-9,11H,3-6H2,1-2H3. The predicted molar refractivity (Wildman–Crippen MR) is 64.5 cm³/mol. The SMILES string of the molecule is Cc1csc(C(=O)C2CCCC(C)C2)c1. The maximum absolute atomic E-state index is 12.2. The molecule has 0 aliphatic heterocycles. The molecule has 82 valence electrons. The first-order valence-electron chi connectivity index (χ1n) is 5.76. The Morgan fingerprint density at radius 2 is 2.27 bits per heavy atom.